The number of amides is 1. The molecule has 1 aliphatic rings. The average Bonchev–Trinajstić information content (AvgIpc) is 3.06. The maximum absolute atomic E-state index is 12.6. The monoisotopic (exact) mass is 395 g/mol. The van der Waals surface area contributed by atoms with Crippen molar-refractivity contribution >= 4 is 34.9 Å². The lowest BCUT2D eigenvalue weighted by Crippen LogP contribution is -2.44. The van der Waals surface area contributed by atoms with Gasteiger partial charge in [-0.1, -0.05) is 23.2 Å². The number of likely N-dealkylation sites (tertiary alicyclic amines) is 1. The summed E-state index contributed by atoms with van der Waals surface area (Å²) in [5, 5.41) is 0.854. The highest BCUT2D eigenvalue weighted by Crippen LogP contribution is 2.27. The highest BCUT2D eigenvalue weighted by Gasteiger charge is 2.30. The molecule has 0 bridgehead atoms. The second-order valence-corrected chi connectivity index (χ2v) is 7.11. The second kappa shape index (κ2) is 8.10. The zero-order valence-electron chi connectivity index (χ0n) is 14.3. The van der Waals surface area contributed by atoms with Gasteiger partial charge in [-0.2, -0.15) is 0 Å². The number of ketones is 1. The molecular formula is C18H19Cl2N3O3. The molecule has 1 aromatic heterocycles. The van der Waals surface area contributed by atoms with Crippen molar-refractivity contribution < 1.29 is 14.3 Å². The first-order chi connectivity index (χ1) is 12.5. The number of hydrogen-bond acceptors (Lipinski definition) is 4. The molecule has 1 atom stereocenters. The number of carbonyl (C=O) groups excluding carboxylic acids is 2. The van der Waals surface area contributed by atoms with E-state index in [0.717, 1.165) is 12.8 Å². The Kier molecular flexibility index (Phi) is 5.84. The van der Waals surface area contributed by atoms with Crippen LogP contribution in [-0.4, -0.2) is 45.8 Å². The smallest absolute Gasteiger partial charge is 0.260 e. The van der Waals surface area contributed by atoms with Gasteiger partial charge in [0.2, 0.25) is 5.78 Å². The molecule has 1 saturated heterocycles. The number of carbonyl (C=O) groups is 2. The molecule has 1 amide bonds. The second-order valence-electron chi connectivity index (χ2n) is 6.27. The number of aryl methyl sites for hydroxylation is 1. The fraction of sp³-hybridized carbons (Fsp3) is 0.389. The molecule has 0 N–H and O–H groups in total. The molecule has 6 nitrogen and oxygen atoms in total. The predicted octanol–water partition coefficient (Wildman–Crippen LogP) is 3.23. The summed E-state index contributed by atoms with van der Waals surface area (Å²) in [6.07, 6.45) is 4.86. The van der Waals surface area contributed by atoms with Crippen LogP contribution in [0.25, 0.3) is 0 Å². The molecule has 3 rings (SSSR count). The summed E-state index contributed by atoms with van der Waals surface area (Å²) in [7, 11) is 1.79. The number of piperidine rings is 1. The number of halogens is 2. The Morgan fingerprint density at radius 3 is 2.85 bits per heavy atom. The number of aromatic nitrogens is 2. The highest BCUT2D eigenvalue weighted by atomic mass is 35.5. The first-order valence-electron chi connectivity index (χ1n) is 8.33. The Balaban J connectivity index is 1.59. The molecule has 1 aliphatic heterocycles. The summed E-state index contributed by atoms with van der Waals surface area (Å²) in [6.45, 7) is 0.855. The molecular weight excluding hydrogens is 377 g/mol. The molecule has 1 fully saturated rings. The minimum absolute atomic E-state index is 0.0309. The van der Waals surface area contributed by atoms with Gasteiger partial charge in [0, 0.05) is 43.5 Å². The van der Waals surface area contributed by atoms with Gasteiger partial charge in [-0.15, -0.1) is 0 Å². The van der Waals surface area contributed by atoms with Crippen molar-refractivity contribution in [3.05, 3.63) is 46.5 Å². The van der Waals surface area contributed by atoms with Crippen molar-refractivity contribution in [2.24, 2.45) is 13.0 Å². The largest absolute Gasteiger partial charge is 0.482 e. The van der Waals surface area contributed by atoms with E-state index in [1.54, 1.807) is 47.1 Å². The summed E-state index contributed by atoms with van der Waals surface area (Å²) < 4.78 is 7.21. The van der Waals surface area contributed by atoms with Crippen molar-refractivity contribution in [1.82, 2.24) is 14.5 Å². The Morgan fingerprint density at radius 1 is 1.35 bits per heavy atom. The molecule has 0 saturated carbocycles. The maximum Gasteiger partial charge on any atom is 0.260 e. The third kappa shape index (κ3) is 4.19. The summed E-state index contributed by atoms with van der Waals surface area (Å²) in [6, 6.07) is 4.84. The average molecular weight is 396 g/mol. The number of ether oxygens (including phenoxy) is 1. The van der Waals surface area contributed by atoms with Crippen LogP contribution >= 0.6 is 23.2 Å². The van der Waals surface area contributed by atoms with Crippen LogP contribution in [0.15, 0.2) is 30.6 Å². The lowest BCUT2D eigenvalue weighted by atomic mass is 9.93. The summed E-state index contributed by atoms with van der Waals surface area (Å²) >= 11 is 11.9. The van der Waals surface area contributed by atoms with Crippen LogP contribution in [-0.2, 0) is 11.8 Å². The normalized spacial score (nSPS) is 17.2. The Bertz CT molecular complexity index is 822. The Hall–Kier alpha value is -2.05. The van der Waals surface area contributed by atoms with Crippen molar-refractivity contribution in [1.29, 1.82) is 0 Å². The number of nitrogens with zero attached hydrogens (tertiary/aromatic N) is 3. The first kappa shape index (κ1) is 18.7. The Labute approximate surface area is 161 Å². The molecule has 0 spiro atoms. The lowest BCUT2D eigenvalue weighted by Gasteiger charge is -2.31. The zero-order valence-corrected chi connectivity index (χ0v) is 15.8. The highest BCUT2D eigenvalue weighted by molar-refractivity contribution is 6.35. The van der Waals surface area contributed by atoms with Gasteiger partial charge in [-0.3, -0.25) is 9.59 Å². The predicted molar refractivity (Wildman–Crippen MR) is 98.8 cm³/mol. The van der Waals surface area contributed by atoms with Gasteiger partial charge in [-0.05, 0) is 31.0 Å². The first-order valence-corrected chi connectivity index (χ1v) is 9.08. The quantitative estimate of drug-likeness (QED) is 0.728. The summed E-state index contributed by atoms with van der Waals surface area (Å²) in [5.41, 5.74) is 0. The van der Waals surface area contributed by atoms with Crippen molar-refractivity contribution in [2.45, 2.75) is 12.8 Å². The van der Waals surface area contributed by atoms with Crippen LogP contribution in [0.2, 0.25) is 10.0 Å². The van der Waals surface area contributed by atoms with E-state index in [2.05, 4.69) is 4.98 Å². The lowest BCUT2D eigenvalue weighted by molar-refractivity contribution is -0.134. The van der Waals surface area contributed by atoms with E-state index in [0.29, 0.717) is 34.7 Å². The molecule has 0 aliphatic carbocycles. The van der Waals surface area contributed by atoms with E-state index >= 15 is 0 Å². The topological polar surface area (TPSA) is 64.4 Å². The fourth-order valence-electron chi connectivity index (χ4n) is 3.03. The molecule has 0 radical (unpaired) electrons. The van der Waals surface area contributed by atoms with Crippen molar-refractivity contribution in [3.8, 4) is 5.75 Å². The number of rotatable bonds is 5. The van der Waals surface area contributed by atoms with Crippen LogP contribution < -0.4 is 4.74 Å². The van der Waals surface area contributed by atoms with Crippen molar-refractivity contribution in [3.63, 3.8) is 0 Å². The number of hydrogen-bond donors (Lipinski definition) is 0. The molecule has 1 unspecified atom stereocenters. The minimum atomic E-state index is -0.243. The van der Waals surface area contributed by atoms with Crippen LogP contribution in [0.3, 0.4) is 0 Å². The third-order valence-electron chi connectivity index (χ3n) is 4.43. The molecule has 2 aromatic rings. The van der Waals surface area contributed by atoms with E-state index in [4.69, 9.17) is 27.9 Å². The zero-order chi connectivity index (χ0) is 18.7. The van der Waals surface area contributed by atoms with Gasteiger partial charge in [0.15, 0.2) is 12.4 Å². The Morgan fingerprint density at radius 2 is 2.15 bits per heavy atom. The molecule has 138 valence electrons. The van der Waals surface area contributed by atoms with Gasteiger partial charge in [0.25, 0.3) is 5.91 Å². The number of imidazole rings is 1. The summed E-state index contributed by atoms with van der Waals surface area (Å²) in [5.74, 6) is 0.383. The van der Waals surface area contributed by atoms with Gasteiger partial charge >= 0.3 is 0 Å². The molecule has 2 heterocycles. The van der Waals surface area contributed by atoms with Crippen molar-refractivity contribution in [2.75, 3.05) is 19.7 Å². The molecule has 8 heteroatoms. The van der Waals surface area contributed by atoms with Gasteiger partial charge in [-0.25, -0.2) is 4.98 Å². The SMILES string of the molecule is Cn1ccnc1C(=O)C1CCCN(C(=O)COc2ccc(Cl)cc2Cl)C1. The third-order valence-corrected chi connectivity index (χ3v) is 4.96. The fourth-order valence-corrected chi connectivity index (χ4v) is 3.49. The van der Waals surface area contributed by atoms with E-state index in [9.17, 15) is 9.59 Å². The number of Topliss-reactive ketones (excluding diaryl/α,β-unsaturated/α-hetero) is 1. The van der Waals surface area contributed by atoms with E-state index in [1.807, 2.05) is 0 Å². The van der Waals surface area contributed by atoms with E-state index < -0.39 is 0 Å². The minimum Gasteiger partial charge on any atom is -0.482 e. The number of benzene rings is 1. The standard InChI is InChI=1S/C18H19Cl2N3O3/c1-22-8-6-21-18(22)17(25)12-3-2-7-23(10-12)16(24)11-26-15-5-4-13(19)9-14(15)20/h4-6,8-9,12H,2-3,7,10-11H2,1H3. The van der Waals surface area contributed by atoms with Gasteiger partial charge in [0.1, 0.15) is 5.75 Å². The summed E-state index contributed by atoms with van der Waals surface area (Å²) in [4.78, 5) is 30.9. The van der Waals surface area contributed by atoms with Gasteiger partial charge < -0.3 is 14.2 Å². The van der Waals surface area contributed by atoms with Crippen LogP contribution in [0.4, 0.5) is 0 Å². The maximum atomic E-state index is 12.6. The molecule has 1 aromatic carbocycles. The van der Waals surface area contributed by atoms with Crippen LogP contribution in [0.5, 0.6) is 5.75 Å². The van der Waals surface area contributed by atoms with Crippen LogP contribution in [0.1, 0.15) is 23.5 Å². The van der Waals surface area contributed by atoms with Crippen LogP contribution in [0, 0.1) is 5.92 Å². The van der Waals surface area contributed by atoms with Gasteiger partial charge in [0.05, 0.1) is 5.02 Å². The van der Waals surface area contributed by atoms with E-state index in [1.165, 1.54) is 0 Å². The van der Waals surface area contributed by atoms with E-state index in [-0.39, 0.29) is 24.2 Å². The molecule has 26 heavy (non-hydrogen) atoms.